The van der Waals surface area contributed by atoms with Gasteiger partial charge < -0.3 is 15.8 Å². The highest BCUT2D eigenvalue weighted by molar-refractivity contribution is 5.92. The average Bonchev–Trinajstić information content (AvgIpc) is 2.16. The molecule has 3 N–H and O–H groups in total. The zero-order chi connectivity index (χ0) is 11.4. The Morgan fingerprint density at radius 1 is 1.47 bits per heavy atom. The molecule has 4 nitrogen and oxygen atoms in total. The highest BCUT2D eigenvalue weighted by atomic mass is 16.5. The van der Waals surface area contributed by atoms with Crippen LogP contribution in [0.3, 0.4) is 0 Å². The quantitative estimate of drug-likeness (QED) is 0.588. The first-order valence-electron chi connectivity index (χ1n) is 4.83. The molecule has 0 amide bonds. The molecule has 0 aliphatic rings. The first-order chi connectivity index (χ1) is 7.04. The predicted molar refractivity (Wildman–Crippen MR) is 61.0 cm³/mol. The van der Waals surface area contributed by atoms with Crippen LogP contribution in [0.15, 0.2) is 18.2 Å². The van der Waals surface area contributed by atoms with Crippen LogP contribution in [0.1, 0.15) is 24.2 Å². The molecule has 0 spiro atoms. The topological polar surface area (TPSA) is 64.3 Å². The second-order valence-electron chi connectivity index (χ2n) is 3.51. The Morgan fingerprint density at radius 3 is 2.60 bits per heavy atom. The number of nitrogen functional groups attached to an aromatic ring is 1. The molecule has 0 heterocycles. The molecule has 0 unspecified atom stereocenters. The van der Waals surface area contributed by atoms with Crippen molar-refractivity contribution in [2.24, 2.45) is 0 Å². The lowest BCUT2D eigenvalue weighted by molar-refractivity contribution is 0.0378. The molecule has 15 heavy (non-hydrogen) atoms. The van der Waals surface area contributed by atoms with Gasteiger partial charge >= 0.3 is 5.97 Å². The zero-order valence-corrected chi connectivity index (χ0v) is 9.20. The zero-order valence-electron chi connectivity index (χ0n) is 9.20. The summed E-state index contributed by atoms with van der Waals surface area (Å²) < 4.78 is 5.05. The number of carbonyl (C=O) groups excluding carboxylic acids is 1. The van der Waals surface area contributed by atoms with Gasteiger partial charge in [-0.15, -0.1) is 0 Å². The molecule has 82 valence electrons. The normalized spacial score (nSPS) is 10.1. The number of nitrogens with one attached hydrogen (secondary N) is 1. The van der Waals surface area contributed by atoms with Crippen LogP contribution in [0.5, 0.6) is 0 Å². The summed E-state index contributed by atoms with van der Waals surface area (Å²) >= 11 is 0. The van der Waals surface area contributed by atoms with Crippen molar-refractivity contribution in [2.45, 2.75) is 20.0 Å². The van der Waals surface area contributed by atoms with Gasteiger partial charge in [-0.1, -0.05) is 0 Å². The monoisotopic (exact) mass is 208 g/mol. The summed E-state index contributed by atoms with van der Waals surface area (Å²) in [4.78, 5) is 11.5. The Kier molecular flexibility index (Phi) is 3.55. The van der Waals surface area contributed by atoms with E-state index in [0.29, 0.717) is 11.3 Å². The molecule has 0 fully saturated rings. The van der Waals surface area contributed by atoms with E-state index in [0.717, 1.165) is 5.69 Å². The summed E-state index contributed by atoms with van der Waals surface area (Å²) in [5.74, 6) is -0.348. The number of carbonyl (C=O) groups is 1. The van der Waals surface area contributed by atoms with E-state index in [9.17, 15) is 4.79 Å². The largest absolute Gasteiger partial charge is 0.459 e. The summed E-state index contributed by atoms with van der Waals surface area (Å²) in [6, 6.07) is 5.05. The van der Waals surface area contributed by atoms with Crippen molar-refractivity contribution in [1.82, 2.24) is 0 Å². The van der Waals surface area contributed by atoms with E-state index in [1.807, 2.05) is 13.8 Å². The van der Waals surface area contributed by atoms with Crippen LogP contribution in [0, 0.1) is 0 Å². The minimum atomic E-state index is -0.348. The minimum absolute atomic E-state index is 0.122. The standard InChI is InChI=1S/C11H16N2O2/c1-7(2)15-11(14)8-4-5-10(13-3)9(12)6-8/h4-7,13H,12H2,1-3H3. The molecule has 0 saturated carbocycles. The van der Waals surface area contributed by atoms with Gasteiger partial charge in [-0.2, -0.15) is 0 Å². The molecule has 1 aromatic rings. The molecule has 0 atom stereocenters. The van der Waals surface area contributed by atoms with Crippen molar-refractivity contribution in [2.75, 3.05) is 18.1 Å². The van der Waals surface area contributed by atoms with Crippen molar-refractivity contribution in [3.05, 3.63) is 23.8 Å². The van der Waals surface area contributed by atoms with Gasteiger partial charge in [0, 0.05) is 7.05 Å². The fourth-order valence-corrected chi connectivity index (χ4v) is 1.20. The Hall–Kier alpha value is -1.71. The van der Waals surface area contributed by atoms with Crippen LogP contribution >= 0.6 is 0 Å². The lowest BCUT2D eigenvalue weighted by Crippen LogP contribution is -2.12. The molecule has 0 saturated heterocycles. The summed E-state index contributed by atoms with van der Waals surface area (Å²) in [7, 11) is 1.78. The van der Waals surface area contributed by atoms with E-state index in [2.05, 4.69) is 5.32 Å². The highest BCUT2D eigenvalue weighted by Gasteiger charge is 2.10. The summed E-state index contributed by atoms with van der Waals surface area (Å²) in [5.41, 5.74) is 7.54. The van der Waals surface area contributed by atoms with Crippen LogP contribution in [-0.2, 0) is 4.74 Å². The molecule has 1 aromatic carbocycles. The van der Waals surface area contributed by atoms with Crippen molar-refractivity contribution >= 4 is 17.3 Å². The second kappa shape index (κ2) is 4.68. The van der Waals surface area contributed by atoms with Crippen LogP contribution in [-0.4, -0.2) is 19.1 Å². The third-order valence-corrected chi connectivity index (χ3v) is 1.90. The van der Waals surface area contributed by atoms with Crippen molar-refractivity contribution in [1.29, 1.82) is 0 Å². The van der Waals surface area contributed by atoms with E-state index in [1.54, 1.807) is 25.2 Å². The van der Waals surface area contributed by atoms with Gasteiger partial charge in [0.15, 0.2) is 0 Å². The van der Waals surface area contributed by atoms with Gasteiger partial charge in [-0.3, -0.25) is 0 Å². The Labute approximate surface area is 89.4 Å². The second-order valence-corrected chi connectivity index (χ2v) is 3.51. The smallest absolute Gasteiger partial charge is 0.338 e. The van der Waals surface area contributed by atoms with Gasteiger partial charge in [-0.25, -0.2) is 4.79 Å². The lowest BCUT2D eigenvalue weighted by Gasteiger charge is -2.10. The lowest BCUT2D eigenvalue weighted by atomic mass is 10.2. The predicted octanol–water partition coefficient (Wildman–Crippen LogP) is 1.88. The first kappa shape index (κ1) is 11.4. The summed E-state index contributed by atoms with van der Waals surface area (Å²) in [5, 5.41) is 2.93. The molecule has 0 radical (unpaired) electrons. The molecule has 0 aliphatic carbocycles. The van der Waals surface area contributed by atoms with Crippen molar-refractivity contribution < 1.29 is 9.53 Å². The fourth-order valence-electron chi connectivity index (χ4n) is 1.20. The van der Waals surface area contributed by atoms with E-state index in [1.165, 1.54) is 0 Å². The molecular weight excluding hydrogens is 192 g/mol. The maximum atomic E-state index is 11.5. The Morgan fingerprint density at radius 2 is 2.13 bits per heavy atom. The minimum Gasteiger partial charge on any atom is -0.459 e. The van der Waals surface area contributed by atoms with E-state index < -0.39 is 0 Å². The van der Waals surface area contributed by atoms with Crippen LogP contribution < -0.4 is 11.1 Å². The number of nitrogens with two attached hydrogens (primary N) is 1. The number of rotatable bonds is 3. The molecule has 0 bridgehead atoms. The van der Waals surface area contributed by atoms with Crippen LogP contribution in [0.25, 0.3) is 0 Å². The summed E-state index contributed by atoms with van der Waals surface area (Å²) in [6.07, 6.45) is -0.122. The maximum absolute atomic E-state index is 11.5. The van der Waals surface area contributed by atoms with Gasteiger partial charge in [0.25, 0.3) is 0 Å². The molecule has 0 aliphatic heterocycles. The number of benzene rings is 1. The Balaban J connectivity index is 2.87. The number of ether oxygens (including phenoxy) is 1. The number of hydrogen-bond acceptors (Lipinski definition) is 4. The third-order valence-electron chi connectivity index (χ3n) is 1.90. The molecule has 4 heteroatoms. The molecule has 1 rings (SSSR count). The number of anilines is 2. The van der Waals surface area contributed by atoms with Crippen molar-refractivity contribution in [3.8, 4) is 0 Å². The van der Waals surface area contributed by atoms with Crippen LogP contribution in [0.2, 0.25) is 0 Å². The average molecular weight is 208 g/mol. The number of hydrogen-bond donors (Lipinski definition) is 2. The van der Waals surface area contributed by atoms with Crippen LogP contribution in [0.4, 0.5) is 11.4 Å². The third kappa shape index (κ3) is 2.87. The Bertz CT molecular complexity index is 362. The maximum Gasteiger partial charge on any atom is 0.338 e. The van der Waals surface area contributed by atoms with Gasteiger partial charge in [0.05, 0.1) is 23.0 Å². The molecular formula is C11H16N2O2. The van der Waals surface area contributed by atoms with E-state index >= 15 is 0 Å². The fraction of sp³-hybridized carbons (Fsp3) is 0.364. The van der Waals surface area contributed by atoms with Gasteiger partial charge in [0.1, 0.15) is 0 Å². The first-order valence-corrected chi connectivity index (χ1v) is 4.83. The molecule has 0 aromatic heterocycles. The van der Waals surface area contributed by atoms with Gasteiger partial charge in [-0.05, 0) is 32.0 Å². The SMILES string of the molecule is CNc1ccc(C(=O)OC(C)C)cc1N. The van der Waals surface area contributed by atoms with E-state index in [-0.39, 0.29) is 12.1 Å². The number of esters is 1. The van der Waals surface area contributed by atoms with Gasteiger partial charge in [0.2, 0.25) is 0 Å². The highest BCUT2D eigenvalue weighted by Crippen LogP contribution is 2.19. The van der Waals surface area contributed by atoms with Crippen molar-refractivity contribution in [3.63, 3.8) is 0 Å². The van der Waals surface area contributed by atoms with E-state index in [4.69, 9.17) is 10.5 Å². The summed E-state index contributed by atoms with van der Waals surface area (Å²) in [6.45, 7) is 3.62.